The fourth-order valence-electron chi connectivity index (χ4n) is 3.45. The predicted octanol–water partition coefficient (Wildman–Crippen LogP) is 7.60. The molecule has 0 heterocycles. The Morgan fingerprint density at radius 3 is 1.38 bits per heavy atom. The highest BCUT2D eigenvalue weighted by Gasteiger charge is 2.30. The van der Waals surface area contributed by atoms with E-state index in [1.165, 1.54) is 24.3 Å². The van der Waals surface area contributed by atoms with Gasteiger partial charge in [0.1, 0.15) is 0 Å². The lowest BCUT2D eigenvalue weighted by atomic mass is 10.0. The third-order valence-corrected chi connectivity index (χ3v) is 6.67. The first-order chi connectivity index (χ1) is 15.1. The average molecular weight is 479 g/mol. The molecule has 0 radical (unpaired) electrons. The van der Waals surface area contributed by atoms with E-state index in [4.69, 9.17) is 0 Å². The highest BCUT2D eigenvalue weighted by Crippen LogP contribution is 2.30. The van der Waals surface area contributed by atoms with Crippen LogP contribution in [-0.4, -0.2) is 15.7 Å². The minimum absolute atomic E-state index is 0.562. The topological polar surface area (TPSA) is 17.1 Å². The standard InChI is InChI=1S/C24H28F6OS/c25-23(26,27)21-13-7-11-19(17-21)9-3-1-5-15-32(31)16-6-2-4-10-20-12-8-14-22(18-20)24(28,29)30/h7-8,11-14,17-18H,1-6,9-10,15-16H2. The van der Waals surface area contributed by atoms with Crippen molar-refractivity contribution in [2.45, 2.75) is 63.7 Å². The van der Waals surface area contributed by atoms with E-state index in [1.54, 1.807) is 12.1 Å². The van der Waals surface area contributed by atoms with Crippen molar-refractivity contribution in [3.8, 4) is 0 Å². The Labute approximate surface area is 187 Å². The van der Waals surface area contributed by atoms with Crippen molar-refractivity contribution >= 4 is 10.8 Å². The van der Waals surface area contributed by atoms with Crippen molar-refractivity contribution in [1.29, 1.82) is 0 Å². The molecular weight excluding hydrogens is 450 g/mol. The molecule has 0 atom stereocenters. The molecule has 178 valence electrons. The van der Waals surface area contributed by atoms with Crippen LogP contribution >= 0.6 is 0 Å². The second-order valence-corrected chi connectivity index (χ2v) is 9.56. The van der Waals surface area contributed by atoms with E-state index >= 15 is 0 Å². The number of hydrogen-bond acceptors (Lipinski definition) is 1. The van der Waals surface area contributed by atoms with Gasteiger partial charge in [-0.2, -0.15) is 26.3 Å². The first-order valence-corrected chi connectivity index (χ1v) is 12.2. The van der Waals surface area contributed by atoms with E-state index in [-0.39, 0.29) is 0 Å². The number of hydrogen-bond donors (Lipinski definition) is 0. The Morgan fingerprint density at radius 1 is 0.594 bits per heavy atom. The largest absolute Gasteiger partial charge is 0.416 e. The SMILES string of the molecule is O=S(CCCCCc1cccc(C(F)(F)F)c1)CCCCCc1cccc(C(F)(F)F)c1. The zero-order chi connectivity index (χ0) is 23.6. The van der Waals surface area contributed by atoms with Gasteiger partial charge in [0.05, 0.1) is 11.1 Å². The van der Waals surface area contributed by atoms with Crippen molar-refractivity contribution in [2.24, 2.45) is 0 Å². The molecule has 0 spiro atoms. The van der Waals surface area contributed by atoms with Crippen LogP contribution in [0.5, 0.6) is 0 Å². The third kappa shape index (κ3) is 9.76. The molecule has 2 rings (SSSR count). The highest BCUT2D eigenvalue weighted by atomic mass is 32.2. The molecule has 0 N–H and O–H groups in total. The second kappa shape index (κ2) is 12.4. The van der Waals surface area contributed by atoms with Gasteiger partial charge < -0.3 is 0 Å². The van der Waals surface area contributed by atoms with Crippen LogP contribution in [0.3, 0.4) is 0 Å². The van der Waals surface area contributed by atoms with Crippen LogP contribution < -0.4 is 0 Å². The molecule has 2 aromatic carbocycles. The molecule has 32 heavy (non-hydrogen) atoms. The maximum absolute atomic E-state index is 12.7. The zero-order valence-corrected chi connectivity index (χ0v) is 18.6. The fourth-order valence-corrected chi connectivity index (χ4v) is 4.70. The number of unbranched alkanes of at least 4 members (excludes halogenated alkanes) is 4. The van der Waals surface area contributed by atoms with Gasteiger partial charge in [-0.15, -0.1) is 0 Å². The number of halogens is 6. The molecule has 0 unspecified atom stereocenters. The van der Waals surface area contributed by atoms with Gasteiger partial charge in [0.25, 0.3) is 0 Å². The highest BCUT2D eigenvalue weighted by molar-refractivity contribution is 7.84. The van der Waals surface area contributed by atoms with E-state index in [2.05, 4.69) is 0 Å². The Balaban J connectivity index is 1.55. The van der Waals surface area contributed by atoms with E-state index in [0.717, 1.165) is 50.7 Å². The van der Waals surface area contributed by atoms with Gasteiger partial charge in [0, 0.05) is 22.3 Å². The van der Waals surface area contributed by atoms with Gasteiger partial charge in [-0.3, -0.25) is 4.21 Å². The van der Waals surface area contributed by atoms with E-state index in [0.29, 0.717) is 35.5 Å². The maximum Gasteiger partial charge on any atom is 0.416 e. The van der Waals surface area contributed by atoms with Crippen molar-refractivity contribution in [1.82, 2.24) is 0 Å². The molecule has 1 nitrogen and oxygen atoms in total. The van der Waals surface area contributed by atoms with Crippen LogP contribution in [-0.2, 0) is 36.0 Å². The summed E-state index contributed by atoms with van der Waals surface area (Å²) in [7, 11) is -0.944. The van der Waals surface area contributed by atoms with Crippen molar-refractivity contribution < 1.29 is 30.6 Å². The van der Waals surface area contributed by atoms with Gasteiger partial charge >= 0.3 is 12.4 Å². The van der Waals surface area contributed by atoms with E-state index in [1.807, 2.05) is 0 Å². The maximum atomic E-state index is 12.7. The van der Waals surface area contributed by atoms with Gasteiger partial charge in [-0.25, -0.2) is 0 Å². The molecule has 2 aromatic rings. The van der Waals surface area contributed by atoms with Crippen LogP contribution in [0.2, 0.25) is 0 Å². The lowest BCUT2D eigenvalue weighted by Crippen LogP contribution is -2.05. The van der Waals surface area contributed by atoms with Gasteiger partial charge in [-0.05, 0) is 61.8 Å². The lowest BCUT2D eigenvalue weighted by molar-refractivity contribution is -0.138. The summed E-state index contributed by atoms with van der Waals surface area (Å²) >= 11 is 0. The monoisotopic (exact) mass is 478 g/mol. The summed E-state index contributed by atoms with van der Waals surface area (Å²) in [6.07, 6.45) is -2.93. The van der Waals surface area contributed by atoms with Crippen LogP contribution in [0.15, 0.2) is 48.5 Å². The summed E-state index contributed by atoms with van der Waals surface area (Å²) in [6.45, 7) is 0. The molecule has 0 fully saturated rings. The Hall–Kier alpha value is -1.83. The quantitative estimate of drug-likeness (QED) is 0.227. The van der Waals surface area contributed by atoms with Crippen molar-refractivity contribution in [3.63, 3.8) is 0 Å². The molecule has 0 amide bonds. The molecule has 0 aliphatic carbocycles. The second-order valence-electron chi connectivity index (χ2n) is 7.87. The number of benzene rings is 2. The molecule has 8 heteroatoms. The van der Waals surface area contributed by atoms with Crippen molar-refractivity contribution in [2.75, 3.05) is 11.5 Å². The Bertz CT molecular complexity index is 791. The minimum atomic E-state index is -4.33. The summed E-state index contributed by atoms with van der Waals surface area (Å²) in [5.74, 6) is 1.13. The summed E-state index contributed by atoms with van der Waals surface area (Å²) in [4.78, 5) is 0. The number of rotatable bonds is 12. The van der Waals surface area contributed by atoms with Crippen LogP contribution in [0.4, 0.5) is 26.3 Å². The number of aryl methyl sites for hydroxylation is 2. The first-order valence-electron chi connectivity index (χ1n) is 10.7. The molecule has 0 saturated carbocycles. The molecule has 0 saturated heterocycles. The van der Waals surface area contributed by atoms with E-state index < -0.39 is 34.3 Å². The first kappa shape index (κ1) is 26.4. The van der Waals surface area contributed by atoms with Gasteiger partial charge in [0.2, 0.25) is 0 Å². The number of alkyl halides is 6. The van der Waals surface area contributed by atoms with Crippen LogP contribution in [0, 0.1) is 0 Å². The molecule has 0 aliphatic heterocycles. The summed E-state index contributed by atoms with van der Waals surface area (Å²) in [5, 5.41) is 0. The summed E-state index contributed by atoms with van der Waals surface area (Å²) < 4.78 is 88.4. The Kier molecular flexibility index (Phi) is 10.3. The lowest BCUT2D eigenvalue weighted by Gasteiger charge is -2.09. The summed E-state index contributed by atoms with van der Waals surface area (Å²) in [6, 6.07) is 10.7. The van der Waals surface area contributed by atoms with Crippen LogP contribution in [0.1, 0.15) is 60.8 Å². The van der Waals surface area contributed by atoms with Gasteiger partial charge in [0.15, 0.2) is 0 Å². The third-order valence-electron chi connectivity index (χ3n) is 5.18. The Morgan fingerprint density at radius 2 is 1.00 bits per heavy atom. The smallest absolute Gasteiger partial charge is 0.260 e. The predicted molar refractivity (Wildman–Crippen MR) is 116 cm³/mol. The zero-order valence-electron chi connectivity index (χ0n) is 17.8. The van der Waals surface area contributed by atoms with Crippen LogP contribution in [0.25, 0.3) is 0 Å². The average Bonchev–Trinajstić information content (AvgIpc) is 2.72. The fraction of sp³-hybridized carbons (Fsp3) is 0.500. The summed E-state index contributed by atoms with van der Waals surface area (Å²) in [5.41, 5.74) is 0.0387. The van der Waals surface area contributed by atoms with Crippen molar-refractivity contribution in [3.05, 3.63) is 70.8 Å². The van der Waals surface area contributed by atoms with Gasteiger partial charge in [-0.1, -0.05) is 49.2 Å². The molecule has 0 aromatic heterocycles. The molecule has 0 aliphatic rings. The molecular formula is C24H28F6OS. The molecule has 0 bridgehead atoms. The normalized spacial score (nSPS) is 12.5. The van der Waals surface area contributed by atoms with E-state index in [9.17, 15) is 30.6 Å². The minimum Gasteiger partial charge on any atom is -0.260 e.